The molecule has 0 saturated heterocycles. The Bertz CT molecular complexity index is 433. The number of hydrogen-bond acceptors (Lipinski definition) is 3. The van der Waals surface area contributed by atoms with E-state index in [2.05, 4.69) is 11.1 Å². The van der Waals surface area contributed by atoms with Crippen LogP contribution in [0.4, 0.5) is 0 Å². The van der Waals surface area contributed by atoms with Crippen molar-refractivity contribution in [3.8, 4) is 0 Å². The molecule has 2 aliphatic carbocycles. The minimum atomic E-state index is -0.216. The van der Waals surface area contributed by atoms with Crippen molar-refractivity contribution < 1.29 is 9.53 Å². The lowest BCUT2D eigenvalue weighted by Crippen LogP contribution is -2.27. The maximum Gasteiger partial charge on any atom is 0.311 e. The molecule has 0 N–H and O–H groups in total. The Morgan fingerprint density at radius 1 is 1.29 bits per heavy atom. The molecular weight excluding hydrogens is 214 g/mol. The first-order valence-electron chi connectivity index (χ1n) is 6.21. The third-order valence-corrected chi connectivity index (χ3v) is 4.67. The number of rotatable bonds is 2. The summed E-state index contributed by atoms with van der Waals surface area (Å²) in [6, 6.07) is 6.07. The van der Waals surface area contributed by atoms with Crippen molar-refractivity contribution in [2.24, 2.45) is 5.41 Å². The number of esters is 1. The Hall–Kier alpha value is -1.38. The fraction of sp³-hybridized carbons (Fsp3) is 0.571. The van der Waals surface area contributed by atoms with E-state index in [0.29, 0.717) is 0 Å². The van der Waals surface area contributed by atoms with Crippen LogP contribution in [-0.2, 0) is 14.9 Å². The highest BCUT2D eigenvalue weighted by Gasteiger charge is 2.59. The summed E-state index contributed by atoms with van der Waals surface area (Å²) >= 11 is 0. The van der Waals surface area contributed by atoms with Crippen LogP contribution in [0.15, 0.2) is 24.4 Å². The molecule has 0 radical (unpaired) electrons. The van der Waals surface area contributed by atoms with Gasteiger partial charge in [-0.25, -0.2) is 0 Å². The summed E-state index contributed by atoms with van der Waals surface area (Å²) < 4.78 is 4.98. The monoisotopic (exact) mass is 231 g/mol. The van der Waals surface area contributed by atoms with Crippen molar-refractivity contribution in [3.05, 3.63) is 30.1 Å². The van der Waals surface area contributed by atoms with Gasteiger partial charge in [0.05, 0.1) is 12.5 Å². The summed E-state index contributed by atoms with van der Waals surface area (Å²) in [6.07, 6.45) is 6.81. The van der Waals surface area contributed by atoms with E-state index in [1.165, 1.54) is 7.11 Å². The molecule has 17 heavy (non-hydrogen) atoms. The normalized spacial score (nSPS) is 34.9. The summed E-state index contributed by atoms with van der Waals surface area (Å²) in [7, 11) is 1.50. The average molecular weight is 231 g/mol. The molecule has 0 aliphatic heterocycles. The van der Waals surface area contributed by atoms with Gasteiger partial charge in [0.15, 0.2) is 0 Å². The Morgan fingerprint density at radius 3 is 2.65 bits per heavy atom. The lowest BCUT2D eigenvalue weighted by molar-refractivity contribution is -0.152. The summed E-state index contributed by atoms with van der Waals surface area (Å²) in [4.78, 5) is 16.4. The maximum absolute atomic E-state index is 11.9. The van der Waals surface area contributed by atoms with Crippen LogP contribution in [0, 0.1) is 5.41 Å². The number of fused-ring (bicyclic) bond motifs is 2. The summed E-state index contributed by atoms with van der Waals surface area (Å²) in [5.74, 6) is -0.0205. The number of methoxy groups -OCH3 is 1. The third kappa shape index (κ3) is 1.41. The van der Waals surface area contributed by atoms with E-state index in [9.17, 15) is 4.79 Å². The zero-order chi connectivity index (χ0) is 11.9. The van der Waals surface area contributed by atoms with E-state index >= 15 is 0 Å². The standard InChI is InChI=1S/C14H17NO2/c1-17-12(16)14-7-5-13(10-14,6-8-14)11-4-2-3-9-15-11/h2-4,9H,5-8,10H2,1H3. The molecule has 3 nitrogen and oxygen atoms in total. The van der Waals surface area contributed by atoms with Crippen molar-refractivity contribution >= 4 is 5.97 Å². The highest BCUT2D eigenvalue weighted by molar-refractivity contribution is 5.78. The van der Waals surface area contributed by atoms with Gasteiger partial charge in [-0.3, -0.25) is 9.78 Å². The van der Waals surface area contributed by atoms with Gasteiger partial charge in [-0.1, -0.05) is 6.07 Å². The molecule has 0 unspecified atom stereocenters. The second-order valence-electron chi connectivity index (χ2n) is 5.44. The molecule has 1 aromatic heterocycles. The number of ether oxygens (including phenoxy) is 1. The van der Waals surface area contributed by atoms with Crippen LogP contribution in [-0.4, -0.2) is 18.1 Å². The van der Waals surface area contributed by atoms with Crippen LogP contribution in [0.5, 0.6) is 0 Å². The molecule has 3 heteroatoms. The summed E-state index contributed by atoms with van der Waals surface area (Å²) in [5.41, 5.74) is 1.07. The van der Waals surface area contributed by atoms with Crippen LogP contribution in [0.25, 0.3) is 0 Å². The Balaban J connectivity index is 1.93. The highest BCUT2D eigenvalue weighted by Crippen LogP contribution is 2.62. The van der Waals surface area contributed by atoms with E-state index in [4.69, 9.17) is 4.74 Å². The van der Waals surface area contributed by atoms with Gasteiger partial charge in [0, 0.05) is 17.3 Å². The number of carbonyl (C=O) groups is 1. The fourth-order valence-electron chi connectivity index (χ4n) is 3.72. The SMILES string of the molecule is COC(=O)C12CCC(c3ccccn3)(CC1)C2. The topological polar surface area (TPSA) is 39.2 Å². The molecule has 2 saturated carbocycles. The highest BCUT2D eigenvalue weighted by atomic mass is 16.5. The van der Waals surface area contributed by atoms with Gasteiger partial charge in [0.1, 0.15) is 0 Å². The zero-order valence-corrected chi connectivity index (χ0v) is 10.1. The van der Waals surface area contributed by atoms with E-state index in [1.807, 2.05) is 18.3 Å². The molecule has 0 atom stereocenters. The van der Waals surface area contributed by atoms with Gasteiger partial charge < -0.3 is 4.74 Å². The van der Waals surface area contributed by atoms with E-state index in [0.717, 1.165) is 37.8 Å². The first-order chi connectivity index (χ1) is 8.21. The van der Waals surface area contributed by atoms with Gasteiger partial charge in [-0.05, 0) is 44.2 Å². The first-order valence-corrected chi connectivity index (χ1v) is 6.21. The van der Waals surface area contributed by atoms with E-state index in [-0.39, 0.29) is 16.8 Å². The molecule has 2 aliphatic rings. The van der Waals surface area contributed by atoms with Crippen LogP contribution in [0.1, 0.15) is 37.8 Å². The van der Waals surface area contributed by atoms with E-state index < -0.39 is 0 Å². The number of carbonyl (C=O) groups excluding carboxylic acids is 1. The van der Waals surface area contributed by atoms with Crippen LogP contribution >= 0.6 is 0 Å². The van der Waals surface area contributed by atoms with Crippen LogP contribution in [0.3, 0.4) is 0 Å². The molecule has 0 aromatic carbocycles. The predicted octanol–water partition coefficient (Wildman–Crippen LogP) is 2.46. The van der Waals surface area contributed by atoms with Crippen molar-refractivity contribution in [1.29, 1.82) is 0 Å². The molecule has 1 heterocycles. The number of aromatic nitrogens is 1. The van der Waals surface area contributed by atoms with E-state index in [1.54, 1.807) is 0 Å². The maximum atomic E-state index is 11.9. The van der Waals surface area contributed by atoms with Gasteiger partial charge in [0.25, 0.3) is 0 Å². The van der Waals surface area contributed by atoms with Crippen molar-refractivity contribution in [1.82, 2.24) is 4.98 Å². The van der Waals surface area contributed by atoms with Gasteiger partial charge >= 0.3 is 5.97 Å². The first kappa shape index (κ1) is 10.8. The predicted molar refractivity (Wildman–Crippen MR) is 63.4 cm³/mol. The number of pyridine rings is 1. The molecular formula is C14H17NO2. The minimum absolute atomic E-state index is 0.0205. The van der Waals surface area contributed by atoms with Crippen molar-refractivity contribution in [2.75, 3.05) is 7.11 Å². The quantitative estimate of drug-likeness (QED) is 0.734. The molecule has 90 valence electrons. The molecule has 2 bridgehead atoms. The lowest BCUT2D eigenvalue weighted by atomic mass is 9.80. The molecule has 0 spiro atoms. The second-order valence-corrected chi connectivity index (χ2v) is 5.44. The third-order valence-electron chi connectivity index (χ3n) is 4.67. The summed E-state index contributed by atoms with van der Waals surface area (Å²) in [5, 5.41) is 0. The smallest absolute Gasteiger partial charge is 0.311 e. The van der Waals surface area contributed by atoms with Gasteiger partial charge in [0.2, 0.25) is 0 Å². The Morgan fingerprint density at radius 2 is 2.06 bits per heavy atom. The largest absolute Gasteiger partial charge is 0.469 e. The number of nitrogens with zero attached hydrogens (tertiary/aromatic N) is 1. The van der Waals surface area contributed by atoms with Crippen molar-refractivity contribution in [2.45, 2.75) is 37.5 Å². The average Bonchev–Trinajstić information content (AvgIpc) is 2.97. The molecule has 0 amide bonds. The van der Waals surface area contributed by atoms with Crippen LogP contribution in [0.2, 0.25) is 0 Å². The molecule has 1 aromatic rings. The number of hydrogen-bond donors (Lipinski definition) is 0. The minimum Gasteiger partial charge on any atom is -0.469 e. The van der Waals surface area contributed by atoms with Gasteiger partial charge in [-0.15, -0.1) is 0 Å². The molecule has 2 fully saturated rings. The fourth-order valence-corrected chi connectivity index (χ4v) is 3.72. The molecule has 3 rings (SSSR count). The van der Waals surface area contributed by atoms with Crippen LogP contribution < -0.4 is 0 Å². The Labute approximate surface area is 101 Å². The zero-order valence-electron chi connectivity index (χ0n) is 10.1. The lowest BCUT2D eigenvalue weighted by Gasteiger charge is -2.26. The van der Waals surface area contributed by atoms with Gasteiger partial charge in [-0.2, -0.15) is 0 Å². The second kappa shape index (κ2) is 3.56. The van der Waals surface area contributed by atoms with Crippen molar-refractivity contribution in [3.63, 3.8) is 0 Å². The Kier molecular flexibility index (Phi) is 2.25. The summed E-state index contributed by atoms with van der Waals surface area (Å²) in [6.45, 7) is 0.